The maximum atomic E-state index is 12.7. The summed E-state index contributed by atoms with van der Waals surface area (Å²) in [6.07, 6.45) is 6.60. The number of hydrogen-bond acceptors (Lipinski definition) is 6. The minimum absolute atomic E-state index is 0.166. The summed E-state index contributed by atoms with van der Waals surface area (Å²) in [5, 5.41) is 0. The molecule has 0 bridgehead atoms. The van der Waals surface area contributed by atoms with Crippen LogP contribution in [0, 0.1) is 25.2 Å². The highest BCUT2D eigenvalue weighted by atomic mass is 32.2. The molecule has 1 aliphatic rings. The van der Waals surface area contributed by atoms with Gasteiger partial charge in [0.2, 0.25) is 0 Å². The number of benzene rings is 2. The average Bonchev–Trinajstić information content (AvgIpc) is 3.27. The van der Waals surface area contributed by atoms with E-state index < -0.39 is 39.0 Å². The molecule has 1 aliphatic carbocycles. The van der Waals surface area contributed by atoms with Gasteiger partial charge in [0, 0.05) is 21.3 Å². The second-order valence-electron chi connectivity index (χ2n) is 9.24. The fraction of sp³-hybridized carbons (Fsp3) is 0.379. The first kappa shape index (κ1) is 28.7. The number of carbonyl (C=O) groups excluding carboxylic acids is 2. The largest absolute Gasteiger partial charge is 0.468 e. The van der Waals surface area contributed by atoms with Crippen LogP contribution >= 0.6 is 0 Å². The molecular weight excluding hydrogens is 508 g/mol. The Morgan fingerprint density at radius 1 is 0.892 bits per heavy atom. The van der Waals surface area contributed by atoms with Gasteiger partial charge in [-0.1, -0.05) is 59.2 Å². The lowest BCUT2D eigenvalue weighted by Gasteiger charge is -2.22. The highest BCUT2D eigenvalue weighted by molar-refractivity contribution is 7.85. The Morgan fingerprint density at radius 3 is 1.92 bits per heavy atom. The number of allylic oxidation sites excluding steroid dienone is 3. The van der Waals surface area contributed by atoms with Crippen LogP contribution < -0.4 is 0 Å². The lowest BCUT2D eigenvalue weighted by atomic mass is 9.85. The molecule has 0 saturated heterocycles. The number of hydrogen-bond donors (Lipinski definition) is 0. The van der Waals surface area contributed by atoms with E-state index in [0.29, 0.717) is 17.9 Å². The maximum Gasteiger partial charge on any atom is 0.323 e. The van der Waals surface area contributed by atoms with E-state index in [-0.39, 0.29) is 18.8 Å². The van der Waals surface area contributed by atoms with Crippen molar-refractivity contribution in [3.05, 3.63) is 83.5 Å². The second kappa shape index (κ2) is 13.1. The fourth-order valence-corrected chi connectivity index (χ4v) is 6.44. The molecule has 0 amide bonds. The molecule has 3 unspecified atom stereocenters. The third kappa shape index (κ3) is 7.14. The Balaban J connectivity index is 1.78. The molecule has 0 aromatic heterocycles. The molecule has 0 spiro atoms. The maximum absolute atomic E-state index is 12.7. The standard InChI is InChI=1S/C29H34O6S2/c1-21-9-13-25(14-10-21)36(32)17-5-7-23-19-29(27(30)34-3,28(31)35-4)20-24(23)8-6-18-37(33)26-15-11-22(2)12-16-26/h5,7-16,23H,6,17-20H2,1-4H3/b7-5+,24-8-. The Morgan fingerprint density at radius 2 is 1.41 bits per heavy atom. The van der Waals surface area contributed by atoms with Crippen LogP contribution in [0.15, 0.2) is 82.1 Å². The molecule has 2 aromatic carbocycles. The minimum Gasteiger partial charge on any atom is -0.468 e. The average molecular weight is 543 g/mol. The van der Waals surface area contributed by atoms with Gasteiger partial charge >= 0.3 is 11.9 Å². The van der Waals surface area contributed by atoms with Gasteiger partial charge in [-0.3, -0.25) is 18.0 Å². The molecular formula is C29H34O6S2. The fourth-order valence-electron chi connectivity index (χ4n) is 4.51. The van der Waals surface area contributed by atoms with Crippen molar-refractivity contribution in [3.8, 4) is 0 Å². The first-order valence-corrected chi connectivity index (χ1v) is 14.8. The molecule has 1 fully saturated rings. The number of rotatable bonds is 10. The summed E-state index contributed by atoms with van der Waals surface area (Å²) in [4.78, 5) is 27.0. The van der Waals surface area contributed by atoms with Gasteiger partial charge in [-0.25, -0.2) is 0 Å². The zero-order chi connectivity index (χ0) is 27.0. The van der Waals surface area contributed by atoms with Gasteiger partial charge in [0.15, 0.2) is 5.41 Å². The predicted molar refractivity (Wildman–Crippen MR) is 146 cm³/mol. The van der Waals surface area contributed by atoms with Gasteiger partial charge in [-0.15, -0.1) is 0 Å². The molecule has 0 N–H and O–H groups in total. The van der Waals surface area contributed by atoms with E-state index in [1.165, 1.54) is 14.2 Å². The van der Waals surface area contributed by atoms with E-state index in [4.69, 9.17) is 9.47 Å². The van der Waals surface area contributed by atoms with Crippen LogP contribution in [-0.2, 0) is 40.7 Å². The third-order valence-electron chi connectivity index (χ3n) is 6.60. The number of methoxy groups -OCH3 is 2. The molecule has 0 aliphatic heterocycles. The first-order chi connectivity index (χ1) is 17.7. The molecule has 2 aromatic rings. The summed E-state index contributed by atoms with van der Waals surface area (Å²) in [5.74, 6) is -0.765. The zero-order valence-corrected chi connectivity index (χ0v) is 23.4. The predicted octanol–water partition coefficient (Wildman–Crippen LogP) is 4.83. The molecule has 37 heavy (non-hydrogen) atoms. The van der Waals surface area contributed by atoms with Gasteiger partial charge in [0.25, 0.3) is 0 Å². The number of carbonyl (C=O) groups is 2. The van der Waals surface area contributed by atoms with Gasteiger partial charge in [-0.2, -0.15) is 0 Å². The van der Waals surface area contributed by atoms with Gasteiger partial charge in [0.05, 0.1) is 35.8 Å². The SMILES string of the molecule is COC(=O)C1(C(=O)OC)C/C(=C/CCS(=O)c2ccc(C)cc2)C(/C=C/CS(=O)c2ccc(C)cc2)C1. The highest BCUT2D eigenvalue weighted by Crippen LogP contribution is 2.48. The van der Waals surface area contributed by atoms with Crippen LogP contribution in [0.4, 0.5) is 0 Å². The lowest BCUT2D eigenvalue weighted by Crippen LogP contribution is -2.39. The molecule has 3 atom stereocenters. The van der Waals surface area contributed by atoms with Crippen molar-refractivity contribution in [1.82, 2.24) is 0 Å². The zero-order valence-electron chi connectivity index (χ0n) is 21.7. The van der Waals surface area contributed by atoms with E-state index in [1.54, 1.807) is 0 Å². The summed E-state index contributed by atoms with van der Waals surface area (Å²) >= 11 is 0. The molecule has 0 heterocycles. The number of esters is 2. The molecule has 8 heteroatoms. The normalized spacial score (nSPS) is 19.6. The van der Waals surface area contributed by atoms with E-state index in [2.05, 4.69) is 0 Å². The summed E-state index contributed by atoms with van der Waals surface area (Å²) in [6, 6.07) is 15.2. The third-order valence-corrected chi connectivity index (χ3v) is 9.29. The highest BCUT2D eigenvalue weighted by Gasteiger charge is 2.54. The van der Waals surface area contributed by atoms with Crippen molar-refractivity contribution < 1.29 is 27.5 Å². The van der Waals surface area contributed by atoms with Crippen LogP contribution in [0.3, 0.4) is 0 Å². The van der Waals surface area contributed by atoms with Gasteiger partial charge < -0.3 is 9.47 Å². The van der Waals surface area contributed by atoms with Crippen LogP contribution in [0.25, 0.3) is 0 Å². The van der Waals surface area contributed by atoms with E-state index >= 15 is 0 Å². The molecule has 1 saturated carbocycles. The van der Waals surface area contributed by atoms with Crippen molar-refractivity contribution in [1.29, 1.82) is 0 Å². The number of ether oxygens (including phenoxy) is 2. The lowest BCUT2D eigenvalue weighted by molar-refractivity contribution is -0.168. The van der Waals surface area contributed by atoms with Crippen LogP contribution in [0.2, 0.25) is 0 Å². The van der Waals surface area contributed by atoms with E-state index in [1.807, 2.05) is 80.6 Å². The van der Waals surface area contributed by atoms with Crippen molar-refractivity contribution in [2.24, 2.45) is 11.3 Å². The van der Waals surface area contributed by atoms with Gasteiger partial charge in [0.1, 0.15) is 0 Å². The summed E-state index contributed by atoms with van der Waals surface area (Å²) in [7, 11) is 0.147. The number of aryl methyl sites for hydroxylation is 2. The second-order valence-corrected chi connectivity index (χ2v) is 12.3. The van der Waals surface area contributed by atoms with Crippen molar-refractivity contribution in [2.45, 2.75) is 42.9 Å². The van der Waals surface area contributed by atoms with Crippen molar-refractivity contribution >= 4 is 33.5 Å². The van der Waals surface area contributed by atoms with Crippen LogP contribution in [0.5, 0.6) is 0 Å². The monoisotopic (exact) mass is 542 g/mol. The Kier molecular flexibility index (Phi) is 10.2. The Labute approximate surface area is 224 Å². The summed E-state index contributed by atoms with van der Waals surface area (Å²) in [6.45, 7) is 3.96. The molecule has 198 valence electrons. The van der Waals surface area contributed by atoms with Crippen molar-refractivity contribution in [3.63, 3.8) is 0 Å². The summed E-state index contributed by atoms with van der Waals surface area (Å²) in [5.41, 5.74) is 1.65. The van der Waals surface area contributed by atoms with E-state index in [0.717, 1.165) is 26.5 Å². The molecule has 6 nitrogen and oxygen atoms in total. The minimum atomic E-state index is -1.43. The van der Waals surface area contributed by atoms with Crippen LogP contribution in [0.1, 0.15) is 30.4 Å². The Hall–Kier alpha value is -2.84. The summed E-state index contributed by atoms with van der Waals surface area (Å²) < 4.78 is 35.4. The van der Waals surface area contributed by atoms with Gasteiger partial charge in [-0.05, 0) is 63.3 Å². The molecule has 3 rings (SSSR count). The van der Waals surface area contributed by atoms with Crippen LogP contribution in [-0.4, -0.2) is 46.1 Å². The smallest absolute Gasteiger partial charge is 0.323 e. The first-order valence-electron chi connectivity index (χ1n) is 12.1. The molecule has 0 radical (unpaired) electrons. The quantitative estimate of drug-likeness (QED) is 0.243. The van der Waals surface area contributed by atoms with Crippen molar-refractivity contribution in [2.75, 3.05) is 25.7 Å². The Bertz CT molecular complexity index is 1200. The van der Waals surface area contributed by atoms with E-state index in [9.17, 15) is 18.0 Å². The topological polar surface area (TPSA) is 86.7 Å².